The Bertz CT molecular complexity index is 1510. The van der Waals surface area contributed by atoms with E-state index in [1.807, 2.05) is 77.4 Å². The van der Waals surface area contributed by atoms with Crippen molar-refractivity contribution < 1.29 is 23.8 Å². The summed E-state index contributed by atoms with van der Waals surface area (Å²) >= 11 is 0. The van der Waals surface area contributed by atoms with Crippen molar-refractivity contribution in [1.82, 2.24) is 9.55 Å². The van der Waals surface area contributed by atoms with E-state index < -0.39 is 17.9 Å². The topological polar surface area (TPSA) is 82.9 Å². The third-order valence-electron chi connectivity index (χ3n) is 7.43. The molecule has 8 nitrogen and oxygen atoms in total. The van der Waals surface area contributed by atoms with Crippen LogP contribution in [0.4, 0.5) is 5.95 Å². The number of methoxy groups -OCH3 is 1. The van der Waals surface area contributed by atoms with E-state index in [-0.39, 0.29) is 12.5 Å². The average Bonchev–Trinajstić information content (AvgIpc) is 3.36. The van der Waals surface area contributed by atoms with Gasteiger partial charge in [0.15, 0.2) is 17.4 Å². The fraction of sp³-hybridized carbons (Fsp3) is 0.364. The van der Waals surface area contributed by atoms with Gasteiger partial charge in [-0.15, -0.1) is 0 Å². The van der Waals surface area contributed by atoms with Crippen molar-refractivity contribution in [1.29, 1.82) is 0 Å². The summed E-state index contributed by atoms with van der Waals surface area (Å²) in [5, 5.41) is 0. The number of anilines is 1. The Kier molecular flexibility index (Phi) is 8.57. The molecule has 1 aliphatic rings. The van der Waals surface area contributed by atoms with E-state index in [0.717, 1.165) is 28.6 Å². The molecule has 1 aromatic heterocycles. The molecule has 214 valence electrons. The molecule has 4 aromatic rings. The summed E-state index contributed by atoms with van der Waals surface area (Å²) in [7, 11) is 1.59. The molecule has 0 aliphatic carbocycles. The van der Waals surface area contributed by atoms with Crippen LogP contribution in [-0.2, 0) is 20.7 Å². The molecule has 1 aliphatic heterocycles. The molecule has 0 fully saturated rings. The molecule has 0 bridgehead atoms. The Morgan fingerprint density at radius 1 is 1.00 bits per heavy atom. The molecular formula is C33H37N3O5. The lowest BCUT2D eigenvalue weighted by atomic mass is 9.89. The number of nitrogens with zero attached hydrogens (tertiary/aromatic N) is 3. The number of benzene rings is 3. The summed E-state index contributed by atoms with van der Waals surface area (Å²) in [6.07, 6.45) is 1.53. The zero-order valence-electron chi connectivity index (χ0n) is 24.1. The highest BCUT2D eigenvalue weighted by molar-refractivity contribution is 6.08. The Hall–Kier alpha value is -4.33. The smallest absolute Gasteiger partial charge is 0.321 e. The average molecular weight is 556 g/mol. The number of aromatic nitrogens is 2. The van der Waals surface area contributed by atoms with Gasteiger partial charge in [-0.2, -0.15) is 0 Å². The normalized spacial score (nSPS) is 16.6. The molecule has 1 amide bonds. The second kappa shape index (κ2) is 12.5. The number of carbonyl (C=O) groups is 2. The number of carbonyl (C=O) groups excluding carboxylic acids is 2. The molecule has 0 saturated carbocycles. The van der Waals surface area contributed by atoms with Gasteiger partial charge in [-0.25, -0.2) is 4.98 Å². The maximum atomic E-state index is 14.2. The van der Waals surface area contributed by atoms with Crippen LogP contribution in [0.1, 0.15) is 44.4 Å². The van der Waals surface area contributed by atoms with Crippen LogP contribution in [0.2, 0.25) is 0 Å². The predicted octanol–water partition coefficient (Wildman–Crippen LogP) is 5.83. The van der Waals surface area contributed by atoms with Gasteiger partial charge in [0.25, 0.3) is 0 Å². The first-order valence-corrected chi connectivity index (χ1v) is 14.2. The molecule has 41 heavy (non-hydrogen) atoms. The minimum absolute atomic E-state index is 0.169. The number of amides is 1. The fourth-order valence-corrected chi connectivity index (χ4v) is 5.34. The van der Waals surface area contributed by atoms with Crippen LogP contribution >= 0.6 is 0 Å². The third-order valence-corrected chi connectivity index (χ3v) is 7.43. The molecular weight excluding hydrogens is 518 g/mol. The van der Waals surface area contributed by atoms with Crippen molar-refractivity contribution in [3.8, 4) is 11.5 Å². The molecule has 0 spiro atoms. The van der Waals surface area contributed by atoms with Gasteiger partial charge < -0.3 is 18.8 Å². The van der Waals surface area contributed by atoms with Crippen LogP contribution in [0.3, 0.4) is 0 Å². The zero-order valence-corrected chi connectivity index (χ0v) is 24.1. The first kappa shape index (κ1) is 28.2. The quantitative estimate of drug-likeness (QED) is 0.171. The molecule has 5 rings (SSSR count). The van der Waals surface area contributed by atoms with Gasteiger partial charge in [0.1, 0.15) is 0 Å². The molecule has 3 aromatic carbocycles. The monoisotopic (exact) mass is 555 g/mol. The number of rotatable bonds is 11. The van der Waals surface area contributed by atoms with E-state index in [1.165, 1.54) is 0 Å². The Balaban J connectivity index is 1.62. The summed E-state index contributed by atoms with van der Waals surface area (Å²) in [6.45, 7) is 7.15. The van der Waals surface area contributed by atoms with E-state index in [1.54, 1.807) is 18.9 Å². The second-order valence-corrected chi connectivity index (χ2v) is 10.6. The van der Waals surface area contributed by atoms with Gasteiger partial charge in [-0.1, -0.05) is 62.4 Å². The van der Waals surface area contributed by atoms with E-state index in [4.69, 9.17) is 19.2 Å². The fourth-order valence-electron chi connectivity index (χ4n) is 5.34. The number of hydrogen-bond acceptors (Lipinski definition) is 6. The summed E-state index contributed by atoms with van der Waals surface area (Å²) in [5.41, 5.74) is 3.40. The van der Waals surface area contributed by atoms with Crippen LogP contribution in [-0.4, -0.2) is 48.3 Å². The standard InChI is InChI=1S/C33H37N3O5/c1-5-40-32(38)29-30(24-15-16-27(28(21-24)39-4)41-20-18-22(2)3)36-26-14-10-9-13-25(26)34-33(36)35(31(29)37)19-17-23-11-7-6-8-12-23/h6-16,21-22,29-30H,5,17-20H2,1-4H3. The zero-order chi connectivity index (χ0) is 28.9. The van der Waals surface area contributed by atoms with E-state index in [2.05, 4.69) is 13.8 Å². The summed E-state index contributed by atoms with van der Waals surface area (Å²) in [5.74, 6) is 0.180. The largest absolute Gasteiger partial charge is 0.493 e. The number of imidazole rings is 1. The highest BCUT2D eigenvalue weighted by Gasteiger charge is 2.48. The molecule has 2 unspecified atom stereocenters. The van der Waals surface area contributed by atoms with Crippen LogP contribution in [0.25, 0.3) is 11.0 Å². The van der Waals surface area contributed by atoms with E-state index in [0.29, 0.717) is 42.9 Å². The van der Waals surface area contributed by atoms with Gasteiger partial charge in [0, 0.05) is 6.54 Å². The highest BCUT2D eigenvalue weighted by Crippen LogP contribution is 2.43. The van der Waals surface area contributed by atoms with Crippen LogP contribution < -0.4 is 14.4 Å². The number of esters is 1. The van der Waals surface area contributed by atoms with Gasteiger partial charge in [0.2, 0.25) is 11.9 Å². The predicted molar refractivity (Wildman–Crippen MR) is 158 cm³/mol. The first-order chi connectivity index (χ1) is 19.9. The molecule has 0 N–H and O–H groups in total. The minimum atomic E-state index is -1.10. The van der Waals surface area contributed by atoms with Gasteiger partial charge in [0.05, 0.1) is 37.4 Å². The van der Waals surface area contributed by atoms with Crippen molar-refractivity contribution >= 4 is 28.9 Å². The number of fused-ring (bicyclic) bond motifs is 3. The summed E-state index contributed by atoms with van der Waals surface area (Å²) < 4.78 is 19.2. The maximum Gasteiger partial charge on any atom is 0.321 e. The molecule has 2 atom stereocenters. The highest BCUT2D eigenvalue weighted by atomic mass is 16.5. The van der Waals surface area contributed by atoms with Crippen LogP contribution in [0.5, 0.6) is 11.5 Å². The van der Waals surface area contributed by atoms with Gasteiger partial charge in [-0.3, -0.25) is 14.5 Å². The van der Waals surface area contributed by atoms with Crippen molar-refractivity contribution in [2.45, 2.75) is 39.7 Å². The van der Waals surface area contributed by atoms with Crippen LogP contribution in [0, 0.1) is 11.8 Å². The van der Waals surface area contributed by atoms with E-state index >= 15 is 0 Å². The van der Waals surface area contributed by atoms with E-state index in [9.17, 15) is 9.59 Å². The Morgan fingerprint density at radius 3 is 2.49 bits per heavy atom. The molecule has 2 heterocycles. The lowest BCUT2D eigenvalue weighted by Gasteiger charge is -2.38. The Morgan fingerprint density at radius 2 is 1.76 bits per heavy atom. The summed E-state index contributed by atoms with van der Waals surface area (Å²) in [6, 6.07) is 22.6. The van der Waals surface area contributed by atoms with Crippen molar-refractivity contribution in [3.63, 3.8) is 0 Å². The molecule has 8 heteroatoms. The third kappa shape index (κ3) is 5.78. The SMILES string of the molecule is CCOC(=O)C1C(=O)N(CCc2ccccc2)c2nc3ccccc3n2C1c1ccc(OCCC(C)C)c(OC)c1. The maximum absolute atomic E-state index is 14.2. The van der Waals surface area contributed by atoms with Crippen LogP contribution in [0.15, 0.2) is 72.8 Å². The minimum Gasteiger partial charge on any atom is -0.493 e. The van der Waals surface area contributed by atoms with Crippen molar-refractivity contribution in [2.75, 3.05) is 31.8 Å². The number of para-hydroxylation sites is 2. The van der Waals surface area contributed by atoms with Gasteiger partial charge in [-0.05, 0) is 61.1 Å². The summed E-state index contributed by atoms with van der Waals surface area (Å²) in [4.78, 5) is 34.3. The number of ether oxygens (including phenoxy) is 3. The Labute approximate surface area is 240 Å². The van der Waals surface area contributed by atoms with Gasteiger partial charge >= 0.3 is 5.97 Å². The lowest BCUT2D eigenvalue weighted by Crippen LogP contribution is -2.50. The van der Waals surface area contributed by atoms with Crippen molar-refractivity contribution in [3.05, 3.63) is 83.9 Å². The molecule has 0 radical (unpaired) electrons. The first-order valence-electron chi connectivity index (χ1n) is 14.2. The second-order valence-electron chi connectivity index (χ2n) is 10.6. The van der Waals surface area contributed by atoms with Crippen molar-refractivity contribution in [2.24, 2.45) is 11.8 Å². The lowest BCUT2D eigenvalue weighted by molar-refractivity contribution is -0.153. The molecule has 0 saturated heterocycles. The number of hydrogen-bond donors (Lipinski definition) is 0.